The van der Waals surface area contributed by atoms with Gasteiger partial charge in [-0.3, -0.25) is 9.78 Å². The van der Waals surface area contributed by atoms with Gasteiger partial charge in [0.25, 0.3) is 0 Å². The van der Waals surface area contributed by atoms with E-state index in [2.05, 4.69) is 20.9 Å². The summed E-state index contributed by atoms with van der Waals surface area (Å²) in [7, 11) is 0. The summed E-state index contributed by atoms with van der Waals surface area (Å²) in [4.78, 5) is 14.9. The molecule has 88 valence electrons. The lowest BCUT2D eigenvalue weighted by Crippen LogP contribution is -2.17. The lowest BCUT2D eigenvalue weighted by atomic mass is 9.93. The highest BCUT2D eigenvalue weighted by Gasteiger charge is 2.25. The van der Waals surface area contributed by atoms with E-state index in [0.29, 0.717) is 10.9 Å². The van der Waals surface area contributed by atoms with Crippen molar-refractivity contribution >= 4 is 21.9 Å². The number of aromatic nitrogens is 1. The second-order valence-electron chi connectivity index (χ2n) is 4.04. The van der Waals surface area contributed by atoms with E-state index in [4.69, 9.17) is 5.11 Å². The van der Waals surface area contributed by atoms with Gasteiger partial charge in [0.05, 0.1) is 5.69 Å². The third-order valence-electron chi connectivity index (χ3n) is 2.17. The number of carbonyl (C=O) groups is 1. The SMILES string of the molecule is CC(C)CC(C(=O)O)c1ncc(Br)cc1F. The molecule has 0 aliphatic carbocycles. The summed E-state index contributed by atoms with van der Waals surface area (Å²) < 4.78 is 14.1. The molecule has 1 unspecified atom stereocenters. The van der Waals surface area contributed by atoms with Gasteiger partial charge in [0.1, 0.15) is 11.7 Å². The van der Waals surface area contributed by atoms with Crippen LogP contribution >= 0.6 is 15.9 Å². The largest absolute Gasteiger partial charge is 0.481 e. The Morgan fingerprint density at radius 2 is 2.25 bits per heavy atom. The first-order chi connectivity index (χ1) is 7.41. The predicted octanol–water partition coefficient (Wildman–Crippen LogP) is 3.20. The Balaban J connectivity index is 3.06. The Morgan fingerprint density at radius 3 is 2.69 bits per heavy atom. The molecule has 1 heterocycles. The highest BCUT2D eigenvalue weighted by atomic mass is 79.9. The van der Waals surface area contributed by atoms with Gasteiger partial charge in [-0.1, -0.05) is 13.8 Å². The van der Waals surface area contributed by atoms with E-state index in [-0.39, 0.29) is 11.6 Å². The van der Waals surface area contributed by atoms with E-state index in [0.717, 1.165) is 0 Å². The molecule has 1 N–H and O–H groups in total. The number of carboxylic acids is 1. The van der Waals surface area contributed by atoms with E-state index < -0.39 is 17.7 Å². The number of nitrogens with zero attached hydrogens (tertiary/aromatic N) is 1. The maximum atomic E-state index is 13.6. The lowest BCUT2D eigenvalue weighted by molar-refractivity contribution is -0.139. The van der Waals surface area contributed by atoms with Gasteiger partial charge in [-0.15, -0.1) is 0 Å². The maximum Gasteiger partial charge on any atom is 0.312 e. The summed E-state index contributed by atoms with van der Waals surface area (Å²) in [6.45, 7) is 3.79. The number of hydrogen-bond donors (Lipinski definition) is 1. The number of rotatable bonds is 4. The highest BCUT2D eigenvalue weighted by Crippen LogP contribution is 2.26. The molecule has 0 amide bonds. The first kappa shape index (κ1) is 13.1. The number of aliphatic carboxylic acids is 1. The van der Waals surface area contributed by atoms with Crippen molar-refractivity contribution in [1.29, 1.82) is 0 Å². The van der Waals surface area contributed by atoms with Crippen LogP contribution in [0.4, 0.5) is 4.39 Å². The fourth-order valence-corrected chi connectivity index (χ4v) is 1.79. The average Bonchev–Trinajstić information content (AvgIpc) is 2.14. The molecule has 3 nitrogen and oxygen atoms in total. The third kappa shape index (κ3) is 3.27. The molecule has 0 saturated heterocycles. The zero-order valence-electron chi connectivity index (χ0n) is 9.08. The molecule has 0 radical (unpaired) electrons. The van der Waals surface area contributed by atoms with Crippen LogP contribution in [0.2, 0.25) is 0 Å². The summed E-state index contributed by atoms with van der Waals surface area (Å²) in [5.41, 5.74) is 0.00407. The average molecular weight is 290 g/mol. The molecular formula is C11H13BrFNO2. The van der Waals surface area contributed by atoms with Gasteiger partial charge in [0, 0.05) is 10.7 Å². The van der Waals surface area contributed by atoms with E-state index in [1.807, 2.05) is 13.8 Å². The molecule has 0 aliphatic rings. The number of hydrogen-bond acceptors (Lipinski definition) is 2. The maximum absolute atomic E-state index is 13.6. The molecule has 16 heavy (non-hydrogen) atoms. The number of carboxylic acid groups (broad SMARTS) is 1. The van der Waals surface area contributed by atoms with Crippen LogP contribution in [0.5, 0.6) is 0 Å². The molecule has 1 aromatic rings. The Labute approximate surface area is 102 Å². The monoisotopic (exact) mass is 289 g/mol. The fourth-order valence-electron chi connectivity index (χ4n) is 1.48. The zero-order chi connectivity index (χ0) is 12.3. The van der Waals surface area contributed by atoms with Gasteiger partial charge in [-0.25, -0.2) is 4.39 Å². The van der Waals surface area contributed by atoms with Crippen LogP contribution < -0.4 is 0 Å². The normalized spacial score (nSPS) is 12.8. The molecule has 0 spiro atoms. The molecule has 0 fully saturated rings. The van der Waals surface area contributed by atoms with Crippen molar-refractivity contribution in [2.45, 2.75) is 26.2 Å². The molecular weight excluding hydrogens is 277 g/mol. The third-order valence-corrected chi connectivity index (χ3v) is 2.61. The topological polar surface area (TPSA) is 50.2 Å². The fraction of sp³-hybridized carbons (Fsp3) is 0.455. The second kappa shape index (κ2) is 5.39. The van der Waals surface area contributed by atoms with Crippen LogP contribution in [0.3, 0.4) is 0 Å². The molecule has 0 bridgehead atoms. The van der Waals surface area contributed by atoms with Gasteiger partial charge in [-0.05, 0) is 34.3 Å². The Morgan fingerprint density at radius 1 is 1.62 bits per heavy atom. The van der Waals surface area contributed by atoms with Gasteiger partial charge in [0.2, 0.25) is 0 Å². The van der Waals surface area contributed by atoms with Crippen LogP contribution in [-0.2, 0) is 4.79 Å². The van der Waals surface area contributed by atoms with E-state index in [9.17, 15) is 9.18 Å². The molecule has 0 aliphatic heterocycles. The molecule has 1 aromatic heterocycles. The van der Waals surface area contributed by atoms with Crippen molar-refractivity contribution in [2.75, 3.05) is 0 Å². The minimum absolute atomic E-state index is 0.00407. The van der Waals surface area contributed by atoms with Crippen LogP contribution in [0.1, 0.15) is 31.9 Å². The van der Waals surface area contributed by atoms with Crippen molar-refractivity contribution < 1.29 is 14.3 Å². The first-order valence-corrected chi connectivity index (χ1v) is 5.75. The van der Waals surface area contributed by atoms with Crippen LogP contribution in [0.25, 0.3) is 0 Å². The predicted molar refractivity (Wildman–Crippen MR) is 61.7 cm³/mol. The molecule has 1 rings (SSSR count). The van der Waals surface area contributed by atoms with Crippen LogP contribution in [-0.4, -0.2) is 16.1 Å². The highest BCUT2D eigenvalue weighted by molar-refractivity contribution is 9.10. The standard InChI is InChI=1S/C11H13BrFNO2/c1-6(2)3-8(11(15)16)10-9(13)4-7(12)5-14-10/h4-6,8H,3H2,1-2H3,(H,15,16). The van der Waals surface area contributed by atoms with Crippen molar-refractivity contribution in [1.82, 2.24) is 4.98 Å². The summed E-state index contributed by atoms with van der Waals surface area (Å²) >= 11 is 3.08. The first-order valence-electron chi connectivity index (χ1n) is 4.95. The van der Waals surface area contributed by atoms with Crippen LogP contribution in [0, 0.1) is 11.7 Å². The number of halogens is 2. The summed E-state index contributed by atoms with van der Waals surface area (Å²) in [6.07, 6.45) is 1.79. The Kier molecular flexibility index (Phi) is 4.41. The van der Waals surface area contributed by atoms with Gasteiger partial charge < -0.3 is 5.11 Å². The Hall–Kier alpha value is -0.970. The summed E-state index contributed by atoms with van der Waals surface area (Å²) in [5, 5.41) is 9.05. The van der Waals surface area contributed by atoms with Gasteiger partial charge >= 0.3 is 5.97 Å². The summed E-state index contributed by atoms with van der Waals surface area (Å²) in [6, 6.07) is 1.23. The molecule has 0 saturated carbocycles. The minimum Gasteiger partial charge on any atom is -0.481 e. The van der Waals surface area contributed by atoms with Crippen molar-refractivity contribution in [2.24, 2.45) is 5.92 Å². The Bertz CT molecular complexity index is 396. The van der Waals surface area contributed by atoms with E-state index >= 15 is 0 Å². The van der Waals surface area contributed by atoms with Crippen molar-refractivity contribution in [3.63, 3.8) is 0 Å². The zero-order valence-corrected chi connectivity index (χ0v) is 10.7. The minimum atomic E-state index is -1.04. The van der Waals surface area contributed by atoms with Crippen molar-refractivity contribution in [3.05, 3.63) is 28.2 Å². The summed E-state index contributed by atoms with van der Waals surface area (Å²) in [5.74, 6) is -2.33. The molecule has 1 atom stereocenters. The van der Waals surface area contributed by atoms with Crippen LogP contribution in [0.15, 0.2) is 16.7 Å². The second-order valence-corrected chi connectivity index (χ2v) is 4.96. The van der Waals surface area contributed by atoms with Crippen molar-refractivity contribution in [3.8, 4) is 0 Å². The van der Waals surface area contributed by atoms with E-state index in [1.165, 1.54) is 12.3 Å². The quantitative estimate of drug-likeness (QED) is 0.926. The van der Waals surface area contributed by atoms with Gasteiger partial charge in [-0.2, -0.15) is 0 Å². The lowest BCUT2D eigenvalue weighted by Gasteiger charge is -2.14. The van der Waals surface area contributed by atoms with E-state index in [1.54, 1.807) is 0 Å². The molecule has 5 heteroatoms. The molecule has 0 aromatic carbocycles. The number of pyridine rings is 1. The van der Waals surface area contributed by atoms with Gasteiger partial charge in [0.15, 0.2) is 0 Å². The smallest absolute Gasteiger partial charge is 0.312 e.